The molecule has 1 aromatic rings. The number of rotatable bonds is 6. The predicted molar refractivity (Wildman–Crippen MR) is 77.9 cm³/mol. The van der Waals surface area contributed by atoms with E-state index in [1.807, 2.05) is 0 Å². The molecule has 1 aliphatic rings. The zero-order valence-electron chi connectivity index (χ0n) is 11.7. The minimum Gasteiger partial charge on any atom is -0.398 e. The first-order chi connectivity index (χ1) is 10.0. The van der Waals surface area contributed by atoms with Crippen molar-refractivity contribution in [2.24, 2.45) is 0 Å². The topological polar surface area (TPSA) is 84.7 Å². The van der Waals surface area contributed by atoms with Gasteiger partial charge in [-0.2, -0.15) is 0 Å². The van der Waals surface area contributed by atoms with Crippen LogP contribution in [0.25, 0.3) is 0 Å². The third kappa shape index (κ3) is 4.37. The van der Waals surface area contributed by atoms with Crippen molar-refractivity contribution in [3.63, 3.8) is 0 Å². The van der Waals surface area contributed by atoms with Crippen LogP contribution in [0, 0.1) is 5.82 Å². The van der Waals surface area contributed by atoms with E-state index in [-0.39, 0.29) is 12.2 Å². The summed E-state index contributed by atoms with van der Waals surface area (Å²) < 4.78 is 45.4. The molecule has 1 aromatic carbocycles. The Balaban J connectivity index is 1.86. The van der Waals surface area contributed by atoms with E-state index in [9.17, 15) is 12.8 Å². The van der Waals surface area contributed by atoms with Crippen molar-refractivity contribution >= 4 is 15.7 Å². The molecule has 1 fully saturated rings. The first-order valence-corrected chi connectivity index (χ1v) is 8.33. The molecule has 0 aromatic heterocycles. The van der Waals surface area contributed by atoms with Crippen LogP contribution in [0.4, 0.5) is 10.1 Å². The molecule has 1 aliphatic heterocycles. The third-order valence-electron chi connectivity index (χ3n) is 3.31. The lowest BCUT2D eigenvalue weighted by Gasteiger charge is -2.26. The van der Waals surface area contributed by atoms with Crippen LogP contribution < -0.4 is 10.5 Å². The van der Waals surface area contributed by atoms with Crippen LogP contribution in [0.2, 0.25) is 0 Å². The van der Waals surface area contributed by atoms with Crippen molar-refractivity contribution in [3.05, 3.63) is 24.0 Å². The number of nitrogens with two attached hydrogens (primary N) is 1. The molecular weight excluding hydrogens is 297 g/mol. The number of nitrogens with zero attached hydrogens (tertiary/aromatic N) is 1. The van der Waals surface area contributed by atoms with Gasteiger partial charge in [0.15, 0.2) is 0 Å². The average Bonchev–Trinajstić information content (AvgIpc) is 2.44. The summed E-state index contributed by atoms with van der Waals surface area (Å²) in [4.78, 5) is 1.73. The van der Waals surface area contributed by atoms with Crippen molar-refractivity contribution < 1.29 is 17.5 Å². The first-order valence-electron chi connectivity index (χ1n) is 6.84. The molecular formula is C13H20FN3O3S. The van der Waals surface area contributed by atoms with Crippen LogP contribution in [0.1, 0.15) is 6.42 Å². The largest absolute Gasteiger partial charge is 0.398 e. The van der Waals surface area contributed by atoms with Gasteiger partial charge in [-0.15, -0.1) is 0 Å². The Hall–Kier alpha value is -1.22. The summed E-state index contributed by atoms with van der Waals surface area (Å²) in [6.45, 7) is 4.14. The van der Waals surface area contributed by atoms with Gasteiger partial charge in [0.1, 0.15) is 10.7 Å². The lowest BCUT2D eigenvalue weighted by molar-refractivity contribution is 0.0376. The van der Waals surface area contributed by atoms with Crippen molar-refractivity contribution in [2.75, 3.05) is 45.1 Å². The van der Waals surface area contributed by atoms with Gasteiger partial charge in [0.05, 0.1) is 18.9 Å². The normalized spacial score (nSPS) is 17.0. The standard InChI is InChI=1S/C13H20FN3O3S/c14-11-3-1-4-12(15)13(11)21(18,19)16-5-2-6-17-7-9-20-10-8-17/h1,3-4,16H,2,5-10,15H2. The van der Waals surface area contributed by atoms with E-state index in [0.717, 1.165) is 25.7 Å². The van der Waals surface area contributed by atoms with Crippen LogP contribution in [0.15, 0.2) is 23.1 Å². The molecule has 0 bridgehead atoms. The SMILES string of the molecule is Nc1cccc(F)c1S(=O)(=O)NCCCN1CCOCC1. The highest BCUT2D eigenvalue weighted by Gasteiger charge is 2.21. The highest BCUT2D eigenvalue weighted by Crippen LogP contribution is 2.21. The number of ether oxygens (including phenoxy) is 1. The van der Waals surface area contributed by atoms with E-state index < -0.39 is 20.7 Å². The summed E-state index contributed by atoms with van der Waals surface area (Å²) in [5.41, 5.74) is 5.46. The van der Waals surface area contributed by atoms with E-state index in [2.05, 4.69) is 9.62 Å². The van der Waals surface area contributed by atoms with E-state index in [1.54, 1.807) is 0 Å². The van der Waals surface area contributed by atoms with Gasteiger partial charge in [0.2, 0.25) is 10.0 Å². The van der Waals surface area contributed by atoms with Gasteiger partial charge in [0.25, 0.3) is 0 Å². The number of sulfonamides is 1. The molecule has 6 nitrogen and oxygen atoms in total. The van der Waals surface area contributed by atoms with E-state index in [1.165, 1.54) is 12.1 Å². The highest BCUT2D eigenvalue weighted by atomic mass is 32.2. The Kier molecular flexibility index (Phi) is 5.51. The predicted octanol–water partition coefficient (Wildman–Crippen LogP) is 0.409. The fraction of sp³-hybridized carbons (Fsp3) is 0.538. The van der Waals surface area contributed by atoms with E-state index in [0.29, 0.717) is 19.6 Å². The summed E-state index contributed by atoms with van der Waals surface area (Å²) in [5.74, 6) is -0.837. The molecule has 0 saturated carbocycles. The monoisotopic (exact) mass is 317 g/mol. The maximum absolute atomic E-state index is 13.6. The van der Waals surface area contributed by atoms with Gasteiger partial charge in [0, 0.05) is 19.6 Å². The maximum atomic E-state index is 13.6. The molecule has 118 valence electrons. The first kappa shape index (κ1) is 16.2. The molecule has 0 spiro atoms. The van der Waals surface area contributed by atoms with Crippen molar-refractivity contribution in [2.45, 2.75) is 11.3 Å². The molecule has 0 amide bonds. The second kappa shape index (κ2) is 7.17. The van der Waals surface area contributed by atoms with Gasteiger partial charge in [-0.05, 0) is 25.1 Å². The molecule has 0 aliphatic carbocycles. The molecule has 0 radical (unpaired) electrons. The highest BCUT2D eigenvalue weighted by molar-refractivity contribution is 7.89. The number of hydrogen-bond acceptors (Lipinski definition) is 5. The minimum absolute atomic E-state index is 0.0873. The Labute approximate surface area is 124 Å². The number of benzene rings is 1. The van der Waals surface area contributed by atoms with Gasteiger partial charge >= 0.3 is 0 Å². The molecule has 0 unspecified atom stereocenters. The van der Waals surface area contributed by atoms with Gasteiger partial charge in [-0.1, -0.05) is 6.07 Å². The van der Waals surface area contributed by atoms with Gasteiger partial charge < -0.3 is 10.5 Å². The van der Waals surface area contributed by atoms with Crippen LogP contribution in [0.5, 0.6) is 0 Å². The van der Waals surface area contributed by atoms with Crippen molar-refractivity contribution in [1.82, 2.24) is 9.62 Å². The summed E-state index contributed by atoms with van der Waals surface area (Å²) in [7, 11) is -3.92. The molecule has 1 saturated heterocycles. The maximum Gasteiger partial charge on any atom is 0.245 e. The second-order valence-corrected chi connectivity index (χ2v) is 6.57. The number of morpholine rings is 1. The Bertz CT molecular complexity index is 554. The number of nitrogen functional groups attached to an aromatic ring is 1. The zero-order valence-corrected chi connectivity index (χ0v) is 12.5. The van der Waals surface area contributed by atoms with Gasteiger partial charge in [-0.3, -0.25) is 4.90 Å². The minimum atomic E-state index is -3.92. The van der Waals surface area contributed by atoms with Crippen LogP contribution in [-0.4, -0.2) is 52.7 Å². The van der Waals surface area contributed by atoms with Gasteiger partial charge in [-0.25, -0.2) is 17.5 Å². The lowest BCUT2D eigenvalue weighted by atomic mass is 10.3. The van der Waals surface area contributed by atoms with Crippen LogP contribution in [0.3, 0.4) is 0 Å². The van der Waals surface area contributed by atoms with Crippen molar-refractivity contribution in [1.29, 1.82) is 0 Å². The van der Waals surface area contributed by atoms with Crippen LogP contribution in [-0.2, 0) is 14.8 Å². The summed E-state index contributed by atoms with van der Waals surface area (Å²) >= 11 is 0. The fourth-order valence-corrected chi connectivity index (χ4v) is 3.48. The lowest BCUT2D eigenvalue weighted by Crippen LogP contribution is -2.38. The summed E-state index contributed by atoms with van der Waals surface area (Å²) in [6, 6.07) is 3.83. The fourth-order valence-electron chi connectivity index (χ4n) is 2.22. The second-order valence-electron chi connectivity index (χ2n) is 4.86. The summed E-state index contributed by atoms with van der Waals surface area (Å²) in [5, 5.41) is 0. The average molecular weight is 317 g/mol. The Morgan fingerprint density at radius 1 is 1.33 bits per heavy atom. The number of hydrogen-bond donors (Lipinski definition) is 2. The molecule has 1 heterocycles. The molecule has 21 heavy (non-hydrogen) atoms. The number of anilines is 1. The number of halogens is 1. The molecule has 3 N–H and O–H groups in total. The van der Waals surface area contributed by atoms with E-state index >= 15 is 0 Å². The smallest absolute Gasteiger partial charge is 0.245 e. The summed E-state index contributed by atoms with van der Waals surface area (Å²) in [6.07, 6.45) is 0.646. The molecule has 2 rings (SSSR count). The van der Waals surface area contributed by atoms with Crippen LogP contribution >= 0.6 is 0 Å². The van der Waals surface area contributed by atoms with Crippen molar-refractivity contribution in [3.8, 4) is 0 Å². The third-order valence-corrected chi connectivity index (χ3v) is 4.87. The van der Waals surface area contributed by atoms with E-state index in [4.69, 9.17) is 10.5 Å². The zero-order chi connectivity index (χ0) is 15.3. The quantitative estimate of drug-likeness (QED) is 0.586. The Morgan fingerprint density at radius 2 is 2.05 bits per heavy atom. The number of nitrogens with one attached hydrogen (secondary N) is 1. The molecule has 0 atom stereocenters. The Morgan fingerprint density at radius 3 is 2.71 bits per heavy atom. The molecule has 8 heteroatoms.